The number of hydrogen-bond donors (Lipinski definition) is 2. The second kappa shape index (κ2) is 7.97. The zero-order valence-corrected chi connectivity index (χ0v) is 12.4. The van der Waals surface area contributed by atoms with E-state index in [1.165, 1.54) is 0 Å². The highest BCUT2D eigenvalue weighted by Crippen LogP contribution is 2.13. The standard InChI is InChI=1S/C14H18ClN3O3/c15-11-1-3-12(4-2-11)17-14(20)13(19)16-5-6-18-7-9-21-10-8-18/h1-4H,5-10H2,(H,16,19)(H,17,20). The lowest BCUT2D eigenvalue weighted by molar-refractivity contribution is -0.136. The van der Waals surface area contributed by atoms with Crippen LogP contribution >= 0.6 is 11.6 Å². The lowest BCUT2D eigenvalue weighted by atomic mass is 10.3. The minimum absolute atomic E-state index is 0.437. The third-order valence-electron chi connectivity index (χ3n) is 3.13. The van der Waals surface area contributed by atoms with E-state index in [1.54, 1.807) is 24.3 Å². The molecule has 0 radical (unpaired) electrons. The second-order valence-electron chi connectivity index (χ2n) is 4.67. The molecule has 2 rings (SSSR count). The molecule has 0 aliphatic carbocycles. The lowest BCUT2D eigenvalue weighted by Gasteiger charge is -2.26. The summed E-state index contributed by atoms with van der Waals surface area (Å²) >= 11 is 5.75. The molecule has 0 bridgehead atoms. The van der Waals surface area contributed by atoms with Crippen molar-refractivity contribution in [3.63, 3.8) is 0 Å². The number of amides is 2. The summed E-state index contributed by atoms with van der Waals surface area (Å²) in [6, 6.07) is 6.57. The summed E-state index contributed by atoms with van der Waals surface area (Å²) in [5.74, 6) is -1.32. The van der Waals surface area contributed by atoms with E-state index >= 15 is 0 Å². The number of hydrogen-bond acceptors (Lipinski definition) is 4. The number of halogens is 1. The summed E-state index contributed by atoms with van der Waals surface area (Å²) in [7, 11) is 0. The number of anilines is 1. The Balaban J connectivity index is 1.69. The molecule has 1 aliphatic rings. The topological polar surface area (TPSA) is 70.7 Å². The quantitative estimate of drug-likeness (QED) is 0.804. The maximum atomic E-state index is 11.7. The lowest BCUT2D eigenvalue weighted by Crippen LogP contribution is -2.43. The van der Waals surface area contributed by atoms with Crippen molar-refractivity contribution in [1.29, 1.82) is 0 Å². The van der Waals surface area contributed by atoms with Crippen LogP contribution in [0.4, 0.5) is 5.69 Å². The fourth-order valence-corrected chi connectivity index (χ4v) is 2.08. The number of nitrogens with one attached hydrogen (secondary N) is 2. The Kier molecular flexibility index (Phi) is 5.98. The predicted molar refractivity (Wildman–Crippen MR) is 80.4 cm³/mol. The zero-order valence-electron chi connectivity index (χ0n) is 11.6. The molecule has 1 fully saturated rings. The predicted octanol–water partition coefficient (Wildman–Crippen LogP) is 0.727. The molecule has 114 valence electrons. The number of carbonyl (C=O) groups excluding carboxylic acids is 2. The van der Waals surface area contributed by atoms with E-state index in [-0.39, 0.29) is 0 Å². The Bertz CT molecular complexity index is 487. The van der Waals surface area contributed by atoms with Crippen molar-refractivity contribution < 1.29 is 14.3 Å². The highest BCUT2D eigenvalue weighted by Gasteiger charge is 2.14. The van der Waals surface area contributed by atoms with Gasteiger partial charge in [-0.25, -0.2) is 0 Å². The number of carbonyl (C=O) groups is 2. The van der Waals surface area contributed by atoms with Crippen molar-refractivity contribution >= 4 is 29.1 Å². The Hall–Kier alpha value is -1.63. The summed E-state index contributed by atoms with van der Waals surface area (Å²) in [6.07, 6.45) is 0. The van der Waals surface area contributed by atoms with E-state index in [9.17, 15) is 9.59 Å². The average molecular weight is 312 g/mol. The monoisotopic (exact) mass is 311 g/mol. The molecule has 21 heavy (non-hydrogen) atoms. The van der Waals surface area contributed by atoms with Crippen molar-refractivity contribution in [2.75, 3.05) is 44.7 Å². The molecule has 0 aromatic heterocycles. The van der Waals surface area contributed by atoms with Gasteiger partial charge < -0.3 is 15.4 Å². The van der Waals surface area contributed by atoms with E-state index in [1.807, 2.05) is 0 Å². The average Bonchev–Trinajstić information content (AvgIpc) is 2.50. The van der Waals surface area contributed by atoms with E-state index in [0.717, 1.165) is 13.1 Å². The van der Waals surface area contributed by atoms with Gasteiger partial charge in [0.2, 0.25) is 0 Å². The molecule has 1 aliphatic heterocycles. The van der Waals surface area contributed by atoms with Gasteiger partial charge in [0.1, 0.15) is 0 Å². The summed E-state index contributed by atoms with van der Waals surface area (Å²) in [4.78, 5) is 25.5. The number of benzene rings is 1. The van der Waals surface area contributed by atoms with Gasteiger partial charge in [0.05, 0.1) is 13.2 Å². The summed E-state index contributed by atoms with van der Waals surface area (Å²) in [5, 5.41) is 5.69. The molecule has 2 N–H and O–H groups in total. The van der Waals surface area contributed by atoms with Crippen LogP contribution < -0.4 is 10.6 Å². The summed E-state index contributed by atoms with van der Waals surface area (Å²) in [5.41, 5.74) is 0.535. The smallest absolute Gasteiger partial charge is 0.313 e. The third kappa shape index (κ3) is 5.34. The van der Waals surface area contributed by atoms with Gasteiger partial charge in [-0.3, -0.25) is 14.5 Å². The molecule has 0 saturated carbocycles. The van der Waals surface area contributed by atoms with Crippen LogP contribution in [0.2, 0.25) is 5.02 Å². The minimum atomic E-state index is -0.681. The minimum Gasteiger partial charge on any atom is -0.379 e. The number of ether oxygens (including phenoxy) is 1. The van der Waals surface area contributed by atoms with Crippen LogP contribution in [0.15, 0.2) is 24.3 Å². The van der Waals surface area contributed by atoms with Gasteiger partial charge in [0.25, 0.3) is 0 Å². The molecule has 1 aromatic carbocycles. The van der Waals surface area contributed by atoms with Gasteiger partial charge in [0, 0.05) is 36.9 Å². The van der Waals surface area contributed by atoms with Crippen LogP contribution in [0.1, 0.15) is 0 Å². The second-order valence-corrected chi connectivity index (χ2v) is 5.11. The van der Waals surface area contributed by atoms with Gasteiger partial charge in [-0.1, -0.05) is 11.6 Å². The van der Waals surface area contributed by atoms with Gasteiger partial charge in [0.15, 0.2) is 0 Å². The maximum absolute atomic E-state index is 11.7. The van der Waals surface area contributed by atoms with E-state index in [4.69, 9.17) is 16.3 Å². The number of nitrogens with zero attached hydrogens (tertiary/aromatic N) is 1. The van der Waals surface area contributed by atoms with Crippen molar-refractivity contribution in [1.82, 2.24) is 10.2 Å². The molecule has 1 heterocycles. The molecule has 1 aromatic rings. The SMILES string of the molecule is O=C(NCCN1CCOCC1)C(=O)Nc1ccc(Cl)cc1. The molecular weight excluding hydrogens is 294 g/mol. The molecule has 2 amide bonds. The Labute approximate surface area is 128 Å². The number of rotatable bonds is 4. The third-order valence-corrected chi connectivity index (χ3v) is 3.38. The molecule has 0 unspecified atom stereocenters. The highest BCUT2D eigenvalue weighted by molar-refractivity contribution is 6.39. The number of morpholine rings is 1. The molecular formula is C14H18ClN3O3. The van der Waals surface area contributed by atoms with Gasteiger partial charge in [-0.2, -0.15) is 0 Å². The molecule has 0 spiro atoms. The molecule has 1 saturated heterocycles. The largest absolute Gasteiger partial charge is 0.379 e. The first-order chi connectivity index (χ1) is 10.1. The van der Waals surface area contributed by atoms with E-state index in [0.29, 0.717) is 37.0 Å². The normalized spacial score (nSPS) is 15.5. The zero-order chi connectivity index (χ0) is 15.1. The first kappa shape index (κ1) is 15.8. The van der Waals surface area contributed by atoms with E-state index in [2.05, 4.69) is 15.5 Å². The van der Waals surface area contributed by atoms with Crippen LogP contribution in [0, 0.1) is 0 Å². The summed E-state index contributed by atoms with van der Waals surface area (Å²) < 4.78 is 5.24. The van der Waals surface area contributed by atoms with Crippen LogP contribution in [-0.4, -0.2) is 56.1 Å². The van der Waals surface area contributed by atoms with Crippen LogP contribution in [0.3, 0.4) is 0 Å². The van der Waals surface area contributed by atoms with Gasteiger partial charge in [-0.15, -0.1) is 0 Å². The van der Waals surface area contributed by atoms with Crippen LogP contribution in [0.5, 0.6) is 0 Å². The van der Waals surface area contributed by atoms with Crippen LogP contribution in [0.25, 0.3) is 0 Å². The van der Waals surface area contributed by atoms with E-state index < -0.39 is 11.8 Å². The molecule has 6 nitrogen and oxygen atoms in total. The van der Waals surface area contributed by atoms with Crippen molar-refractivity contribution in [2.24, 2.45) is 0 Å². The maximum Gasteiger partial charge on any atom is 0.313 e. The summed E-state index contributed by atoms with van der Waals surface area (Å²) in [6.45, 7) is 4.28. The Morgan fingerprint density at radius 2 is 1.81 bits per heavy atom. The fourth-order valence-electron chi connectivity index (χ4n) is 1.95. The Morgan fingerprint density at radius 3 is 2.48 bits per heavy atom. The van der Waals surface area contributed by atoms with Crippen LogP contribution in [-0.2, 0) is 14.3 Å². The molecule has 0 atom stereocenters. The Morgan fingerprint density at radius 1 is 1.14 bits per heavy atom. The van der Waals surface area contributed by atoms with Crippen molar-refractivity contribution in [3.05, 3.63) is 29.3 Å². The fraction of sp³-hybridized carbons (Fsp3) is 0.429. The first-order valence-electron chi connectivity index (χ1n) is 6.80. The van der Waals surface area contributed by atoms with Gasteiger partial charge >= 0.3 is 11.8 Å². The molecule has 7 heteroatoms. The highest BCUT2D eigenvalue weighted by atomic mass is 35.5. The van der Waals surface area contributed by atoms with Gasteiger partial charge in [-0.05, 0) is 24.3 Å². The first-order valence-corrected chi connectivity index (χ1v) is 7.18. The van der Waals surface area contributed by atoms with Crippen molar-refractivity contribution in [3.8, 4) is 0 Å². The van der Waals surface area contributed by atoms with Crippen molar-refractivity contribution in [2.45, 2.75) is 0 Å².